The number of hydrogen-bond donors (Lipinski definition) is 0. The molecule has 3 nitrogen and oxygen atoms in total. The van der Waals surface area contributed by atoms with Gasteiger partial charge >= 0.3 is 0 Å². The van der Waals surface area contributed by atoms with Crippen molar-refractivity contribution in [1.29, 1.82) is 0 Å². The van der Waals surface area contributed by atoms with Crippen molar-refractivity contribution in [2.75, 3.05) is 0 Å². The van der Waals surface area contributed by atoms with Crippen LogP contribution in [0.4, 0.5) is 0 Å². The van der Waals surface area contributed by atoms with Gasteiger partial charge in [0.2, 0.25) is 5.78 Å². The van der Waals surface area contributed by atoms with Gasteiger partial charge in [-0.3, -0.25) is 9.59 Å². The van der Waals surface area contributed by atoms with Crippen molar-refractivity contribution in [3.63, 3.8) is 0 Å². The summed E-state index contributed by atoms with van der Waals surface area (Å²) >= 11 is 0. The van der Waals surface area contributed by atoms with E-state index in [0.717, 1.165) is 0 Å². The van der Waals surface area contributed by atoms with Crippen LogP contribution >= 0.6 is 0 Å². The summed E-state index contributed by atoms with van der Waals surface area (Å²) in [7, 11) is 0. The monoisotopic (exact) mass is 330 g/mol. The zero-order valence-electron chi connectivity index (χ0n) is 13.9. The summed E-state index contributed by atoms with van der Waals surface area (Å²) in [4.78, 5) is 24.7. The van der Waals surface area contributed by atoms with Crippen LogP contribution in [0.25, 0.3) is 0 Å². The van der Waals surface area contributed by atoms with E-state index in [2.05, 4.69) is 0 Å². The molecule has 3 rings (SSSR count). The first-order valence-electron chi connectivity index (χ1n) is 8.11. The molecule has 0 saturated carbocycles. The average Bonchev–Trinajstić information content (AvgIpc) is 2.68. The van der Waals surface area contributed by atoms with Crippen molar-refractivity contribution >= 4 is 11.6 Å². The van der Waals surface area contributed by atoms with Gasteiger partial charge in [-0.15, -0.1) is 0 Å². The van der Waals surface area contributed by atoms with E-state index < -0.39 is 6.10 Å². The lowest BCUT2D eigenvalue weighted by Crippen LogP contribution is -2.23. The molecule has 0 radical (unpaired) electrons. The molecule has 0 aliphatic rings. The highest BCUT2D eigenvalue weighted by atomic mass is 16.5. The van der Waals surface area contributed by atoms with E-state index in [1.165, 1.54) is 0 Å². The summed E-state index contributed by atoms with van der Waals surface area (Å²) in [6.45, 7) is 1.72. The van der Waals surface area contributed by atoms with Crippen molar-refractivity contribution in [2.45, 2.75) is 13.0 Å². The number of carbonyl (C=O) groups is 2. The molecule has 1 atom stereocenters. The van der Waals surface area contributed by atoms with Gasteiger partial charge in [0.15, 0.2) is 11.9 Å². The minimum Gasteiger partial charge on any atom is -0.483 e. The topological polar surface area (TPSA) is 43.4 Å². The van der Waals surface area contributed by atoms with Crippen LogP contribution in [-0.4, -0.2) is 17.7 Å². The average molecular weight is 330 g/mol. The molecule has 3 heteroatoms. The van der Waals surface area contributed by atoms with E-state index in [0.29, 0.717) is 22.4 Å². The molecule has 0 fully saturated rings. The zero-order chi connectivity index (χ0) is 17.6. The van der Waals surface area contributed by atoms with Crippen LogP contribution in [0.5, 0.6) is 5.75 Å². The highest BCUT2D eigenvalue weighted by molar-refractivity contribution is 6.09. The number of rotatable bonds is 6. The minimum absolute atomic E-state index is 0.0411. The number of Topliss-reactive ketones (excluding diaryl/α,β-unsaturated/α-hetero) is 1. The smallest absolute Gasteiger partial charge is 0.202 e. The number of ether oxygens (including phenoxy) is 1. The van der Waals surface area contributed by atoms with Gasteiger partial charge in [-0.05, 0) is 31.2 Å². The van der Waals surface area contributed by atoms with Crippen molar-refractivity contribution < 1.29 is 14.3 Å². The molecule has 0 bridgehead atoms. The lowest BCUT2D eigenvalue weighted by molar-refractivity contribution is 0.0817. The van der Waals surface area contributed by atoms with E-state index in [1.807, 2.05) is 36.4 Å². The van der Waals surface area contributed by atoms with Gasteiger partial charge in [0, 0.05) is 16.7 Å². The van der Waals surface area contributed by atoms with E-state index in [4.69, 9.17) is 4.74 Å². The highest BCUT2D eigenvalue weighted by Gasteiger charge is 2.17. The molecule has 0 heterocycles. The molecule has 0 spiro atoms. The third kappa shape index (κ3) is 4.01. The summed E-state index contributed by atoms with van der Waals surface area (Å²) in [5.41, 5.74) is 1.84. The maximum absolute atomic E-state index is 12.4. The van der Waals surface area contributed by atoms with E-state index >= 15 is 0 Å². The number of hydrogen-bond acceptors (Lipinski definition) is 3. The molecule has 25 heavy (non-hydrogen) atoms. The molecule has 0 amide bonds. The predicted octanol–water partition coefficient (Wildman–Crippen LogP) is 4.57. The molecule has 0 aliphatic heterocycles. The van der Waals surface area contributed by atoms with Crippen LogP contribution in [0.2, 0.25) is 0 Å². The fraction of sp³-hybridized carbons (Fsp3) is 0.0909. The van der Waals surface area contributed by atoms with Gasteiger partial charge in [-0.1, -0.05) is 60.7 Å². The normalized spacial score (nSPS) is 11.6. The second-order valence-electron chi connectivity index (χ2n) is 5.71. The minimum atomic E-state index is -0.599. The summed E-state index contributed by atoms with van der Waals surface area (Å²) in [6.07, 6.45) is -0.599. The summed E-state index contributed by atoms with van der Waals surface area (Å²) in [5.74, 6) is 0.437. The summed E-state index contributed by atoms with van der Waals surface area (Å²) in [6, 6.07) is 25.0. The summed E-state index contributed by atoms with van der Waals surface area (Å²) < 4.78 is 5.71. The SMILES string of the molecule is CC(Oc1ccc(C(=O)c2ccccc2)cc1)C(=O)c1ccccc1. The Morgan fingerprint density at radius 1 is 0.680 bits per heavy atom. The molecular weight excluding hydrogens is 312 g/mol. The molecule has 0 aromatic heterocycles. The standard InChI is InChI=1S/C22H18O3/c1-16(21(23)17-8-4-2-5-9-17)25-20-14-12-19(13-15-20)22(24)18-10-6-3-7-11-18/h2-16H,1H3. The largest absolute Gasteiger partial charge is 0.483 e. The molecule has 124 valence electrons. The van der Waals surface area contributed by atoms with Crippen LogP contribution in [0.1, 0.15) is 33.2 Å². The molecule has 0 aliphatic carbocycles. The number of carbonyl (C=O) groups excluding carboxylic acids is 2. The number of ketones is 2. The molecule has 3 aromatic rings. The lowest BCUT2D eigenvalue weighted by Gasteiger charge is -2.14. The van der Waals surface area contributed by atoms with Crippen molar-refractivity contribution in [3.8, 4) is 5.75 Å². The van der Waals surface area contributed by atoms with Crippen LogP contribution in [0.3, 0.4) is 0 Å². The molecule has 0 N–H and O–H groups in total. The molecule has 1 unspecified atom stereocenters. The summed E-state index contributed by atoms with van der Waals surface area (Å²) in [5, 5.41) is 0. The van der Waals surface area contributed by atoms with E-state index in [-0.39, 0.29) is 11.6 Å². The first-order chi connectivity index (χ1) is 12.1. The first-order valence-corrected chi connectivity index (χ1v) is 8.11. The highest BCUT2D eigenvalue weighted by Crippen LogP contribution is 2.18. The molecule has 3 aromatic carbocycles. The predicted molar refractivity (Wildman–Crippen MR) is 97.2 cm³/mol. The van der Waals surface area contributed by atoms with Crippen LogP contribution in [0.15, 0.2) is 84.9 Å². The van der Waals surface area contributed by atoms with Crippen molar-refractivity contribution in [2.24, 2.45) is 0 Å². The fourth-order valence-corrected chi connectivity index (χ4v) is 2.54. The Kier molecular flexibility index (Phi) is 5.05. The Hall–Kier alpha value is -3.20. The zero-order valence-corrected chi connectivity index (χ0v) is 13.9. The Morgan fingerprint density at radius 3 is 1.72 bits per heavy atom. The van der Waals surface area contributed by atoms with Gasteiger partial charge in [0.25, 0.3) is 0 Å². The van der Waals surface area contributed by atoms with Gasteiger partial charge in [-0.2, -0.15) is 0 Å². The van der Waals surface area contributed by atoms with Crippen LogP contribution < -0.4 is 4.74 Å². The third-order valence-corrected chi connectivity index (χ3v) is 3.89. The lowest BCUT2D eigenvalue weighted by atomic mass is 10.0. The van der Waals surface area contributed by atoms with E-state index in [1.54, 1.807) is 55.5 Å². The Balaban J connectivity index is 1.68. The second kappa shape index (κ2) is 7.58. The molecule has 0 saturated heterocycles. The van der Waals surface area contributed by atoms with E-state index in [9.17, 15) is 9.59 Å². The Morgan fingerprint density at radius 2 is 1.16 bits per heavy atom. The second-order valence-corrected chi connectivity index (χ2v) is 5.71. The maximum atomic E-state index is 12.4. The first kappa shape index (κ1) is 16.7. The van der Waals surface area contributed by atoms with Crippen LogP contribution in [-0.2, 0) is 0 Å². The van der Waals surface area contributed by atoms with Crippen molar-refractivity contribution in [1.82, 2.24) is 0 Å². The van der Waals surface area contributed by atoms with Gasteiger partial charge < -0.3 is 4.74 Å². The third-order valence-electron chi connectivity index (χ3n) is 3.89. The quantitative estimate of drug-likeness (QED) is 0.622. The molecular formula is C22H18O3. The van der Waals surface area contributed by atoms with Gasteiger partial charge in [0.1, 0.15) is 5.75 Å². The van der Waals surface area contributed by atoms with Gasteiger partial charge in [-0.25, -0.2) is 0 Å². The fourth-order valence-electron chi connectivity index (χ4n) is 2.54. The maximum Gasteiger partial charge on any atom is 0.202 e. The van der Waals surface area contributed by atoms with Crippen molar-refractivity contribution in [3.05, 3.63) is 102 Å². The van der Waals surface area contributed by atoms with Gasteiger partial charge in [0.05, 0.1) is 0 Å². The van der Waals surface area contributed by atoms with Crippen LogP contribution in [0, 0.1) is 0 Å². The number of benzene rings is 3. The Labute approximate surface area is 146 Å². The Bertz CT molecular complexity index is 853.